The van der Waals surface area contributed by atoms with E-state index in [1.165, 1.54) is 24.3 Å². The number of aromatic carboxylic acids is 1. The van der Waals surface area contributed by atoms with Crippen LogP contribution in [0.2, 0.25) is 0 Å². The number of hydrogen-bond acceptors (Lipinski definition) is 2. The lowest BCUT2D eigenvalue weighted by molar-refractivity contribution is 0.0696. The van der Waals surface area contributed by atoms with Crippen LogP contribution in [0, 0.1) is 0 Å². The van der Waals surface area contributed by atoms with Crippen molar-refractivity contribution in [3.63, 3.8) is 0 Å². The van der Waals surface area contributed by atoms with Gasteiger partial charge in [-0.15, -0.1) is 0 Å². The summed E-state index contributed by atoms with van der Waals surface area (Å²) in [5.74, 6) is -1.11. The van der Waals surface area contributed by atoms with Crippen LogP contribution in [0.5, 0.6) is 0 Å². The average molecular weight is 216 g/mol. The monoisotopic (exact) mass is 216 g/mol. The SMILES string of the molecule is O=C(O)c1cccc(CP(=O)(O)O)c1. The average Bonchev–Trinajstić information content (AvgIpc) is 2.01. The summed E-state index contributed by atoms with van der Waals surface area (Å²) >= 11 is 0. The van der Waals surface area contributed by atoms with E-state index in [9.17, 15) is 9.36 Å². The van der Waals surface area contributed by atoms with E-state index in [-0.39, 0.29) is 5.56 Å². The van der Waals surface area contributed by atoms with E-state index < -0.39 is 19.7 Å². The third-order valence-electron chi connectivity index (χ3n) is 1.56. The Balaban J connectivity index is 2.95. The Morgan fingerprint density at radius 3 is 2.50 bits per heavy atom. The Labute approximate surface area is 80.2 Å². The van der Waals surface area contributed by atoms with Gasteiger partial charge in [0.15, 0.2) is 0 Å². The van der Waals surface area contributed by atoms with Crippen molar-refractivity contribution < 1.29 is 24.3 Å². The quantitative estimate of drug-likeness (QED) is 0.656. The molecule has 0 aliphatic heterocycles. The fourth-order valence-corrected chi connectivity index (χ4v) is 1.71. The number of carboxylic acid groups (broad SMARTS) is 1. The van der Waals surface area contributed by atoms with Gasteiger partial charge in [-0.05, 0) is 17.7 Å². The topological polar surface area (TPSA) is 94.8 Å². The van der Waals surface area contributed by atoms with E-state index in [0.717, 1.165) is 0 Å². The molecule has 0 radical (unpaired) electrons. The van der Waals surface area contributed by atoms with E-state index in [2.05, 4.69) is 0 Å². The lowest BCUT2D eigenvalue weighted by Crippen LogP contribution is -1.97. The van der Waals surface area contributed by atoms with Crippen molar-refractivity contribution in [2.75, 3.05) is 0 Å². The molecule has 5 nitrogen and oxygen atoms in total. The maximum absolute atomic E-state index is 10.6. The summed E-state index contributed by atoms with van der Waals surface area (Å²) in [7, 11) is -4.13. The molecule has 0 aliphatic rings. The summed E-state index contributed by atoms with van der Waals surface area (Å²) < 4.78 is 10.6. The number of hydrogen-bond donors (Lipinski definition) is 3. The first-order valence-corrected chi connectivity index (χ1v) is 5.55. The lowest BCUT2D eigenvalue weighted by atomic mass is 10.1. The zero-order valence-electron chi connectivity index (χ0n) is 7.12. The van der Waals surface area contributed by atoms with Crippen LogP contribution in [0.1, 0.15) is 15.9 Å². The maximum Gasteiger partial charge on any atom is 0.335 e. The molecule has 1 rings (SSSR count). The van der Waals surface area contributed by atoms with E-state index in [1.807, 2.05) is 0 Å². The minimum atomic E-state index is -4.13. The smallest absolute Gasteiger partial charge is 0.335 e. The molecule has 0 aromatic heterocycles. The minimum Gasteiger partial charge on any atom is -0.478 e. The van der Waals surface area contributed by atoms with E-state index in [4.69, 9.17) is 14.9 Å². The van der Waals surface area contributed by atoms with Crippen molar-refractivity contribution in [2.45, 2.75) is 6.16 Å². The molecule has 1 aromatic carbocycles. The Morgan fingerprint density at radius 2 is 2.00 bits per heavy atom. The van der Waals surface area contributed by atoms with Crippen LogP contribution in [0.4, 0.5) is 0 Å². The fourth-order valence-electron chi connectivity index (χ4n) is 1.04. The van der Waals surface area contributed by atoms with Crippen LogP contribution in [-0.2, 0) is 10.7 Å². The number of benzene rings is 1. The lowest BCUT2D eigenvalue weighted by Gasteiger charge is -2.04. The molecule has 0 unspecified atom stereocenters. The summed E-state index contributed by atoms with van der Waals surface area (Å²) in [6, 6.07) is 5.55. The molecule has 0 heterocycles. The predicted molar refractivity (Wildman–Crippen MR) is 49.1 cm³/mol. The van der Waals surface area contributed by atoms with Crippen LogP contribution >= 0.6 is 7.60 Å². The largest absolute Gasteiger partial charge is 0.478 e. The Kier molecular flexibility index (Phi) is 3.06. The van der Waals surface area contributed by atoms with Gasteiger partial charge in [0.1, 0.15) is 0 Å². The van der Waals surface area contributed by atoms with Crippen molar-refractivity contribution in [1.29, 1.82) is 0 Å². The summed E-state index contributed by atoms with van der Waals surface area (Å²) in [4.78, 5) is 27.9. The fraction of sp³-hybridized carbons (Fsp3) is 0.125. The van der Waals surface area contributed by atoms with E-state index in [1.54, 1.807) is 0 Å². The molecular weight excluding hydrogens is 207 g/mol. The number of carbonyl (C=O) groups is 1. The van der Waals surface area contributed by atoms with Crippen molar-refractivity contribution in [3.8, 4) is 0 Å². The molecular formula is C8H9O5P. The molecule has 3 N–H and O–H groups in total. The van der Waals surface area contributed by atoms with Gasteiger partial charge in [-0.25, -0.2) is 4.79 Å². The van der Waals surface area contributed by atoms with Gasteiger partial charge in [0, 0.05) is 0 Å². The van der Waals surface area contributed by atoms with Crippen molar-refractivity contribution in [1.82, 2.24) is 0 Å². The van der Waals surface area contributed by atoms with Crippen LogP contribution in [0.3, 0.4) is 0 Å². The Hall–Kier alpha value is -1.16. The summed E-state index contributed by atoms with van der Waals surface area (Å²) in [6.45, 7) is 0. The molecule has 0 amide bonds. The van der Waals surface area contributed by atoms with Crippen LogP contribution in [0.25, 0.3) is 0 Å². The van der Waals surface area contributed by atoms with Crippen LogP contribution in [0.15, 0.2) is 24.3 Å². The van der Waals surface area contributed by atoms with Gasteiger partial charge < -0.3 is 14.9 Å². The van der Waals surface area contributed by atoms with E-state index >= 15 is 0 Å². The van der Waals surface area contributed by atoms with Gasteiger partial charge in [-0.3, -0.25) is 4.57 Å². The van der Waals surface area contributed by atoms with Gasteiger partial charge in [0.2, 0.25) is 0 Å². The third-order valence-corrected chi connectivity index (χ3v) is 2.34. The second-order valence-corrected chi connectivity index (χ2v) is 4.47. The van der Waals surface area contributed by atoms with Gasteiger partial charge in [-0.1, -0.05) is 12.1 Å². The Morgan fingerprint density at radius 1 is 1.36 bits per heavy atom. The molecule has 0 saturated heterocycles. The van der Waals surface area contributed by atoms with Crippen LogP contribution < -0.4 is 0 Å². The molecule has 76 valence electrons. The highest BCUT2D eigenvalue weighted by Crippen LogP contribution is 2.38. The summed E-state index contributed by atoms with van der Waals surface area (Å²) in [6.07, 6.45) is -0.436. The molecule has 1 aromatic rings. The van der Waals surface area contributed by atoms with Gasteiger partial charge in [-0.2, -0.15) is 0 Å². The maximum atomic E-state index is 10.6. The minimum absolute atomic E-state index is 0.0240. The van der Waals surface area contributed by atoms with Gasteiger partial charge in [0.05, 0.1) is 11.7 Å². The van der Waals surface area contributed by atoms with Crippen molar-refractivity contribution >= 4 is 13.6 Å². The zero-order chi connectivity index (χ0) is 10.8. The summed E-state index contributed by atoms with van der Waals surface area (Å²) in [5.41, 5.74) is 0.342. The number of rotatable bonds is 3. The first-order chi connectivity index (χ1) is 6.38. The molecule has 0 spiro atoms. The molecule has 0 atom stereocenters. The van der Waals surface area contributed by atoms with Crippen LogP contribution in [-0.4, -0.2) is 20.9 Å². The van der Waals surface area contributed by atoms with E-state index in [0.29, 0.717) is 5.56 Å². The highest BCUT2D eigenvalue weighted by atomic mass is 31.2. The molecule has 0 fully saturated rings. The Bertz CT molecular complexity index is 394. The molecule has 14 heavy (non-hydrogen) atoms. The highest BCUT2D eigenvalue weighted by molar-refractivity contribution is 7.50. The summed E-state index contributed by atoms with van der Waals surface area (Å²) in [5, 5.41) is 8.61. The van der Waals surface area contributed by atoms with Gasteiger partial charge in [0.25, 0.3) is 0 Å². The third kappa shape index (κ3) is 3.30. The first-order valence-electron chi connectivity index (χ1n) is 3.75. The first kappa shape index (κ1) is 10.9. The second kappa shape index (κ2) is 3.92. The van der Waals surface area contributed by atoms with Crippen molar-refractivity contribution in [3.05, 3.63) is 35.4 Å². The zero-order valence-corrected chi connectivity index (χ0v) is 8.02. The standard InChI is InChI=1S/C8H9O5P/c9-8(10)7-3-1-2-6(4-7)5-14(11,12)13/h1-4H,5H2,(H,9,10)(H2,11,12,13). The molecule has 0 saturated carbocycles. The molecule has 6 heteroatoms. The predicted octanol–water partition coefficient (Wildman–Crippen LogP) is 1.06. The molecule has 0 bridgehead atoms. The number of carboxylic acids is 1. The second-order valence-electron chi connectivity index (χ2n) is 2.83. The van der Waals surface area contributed by atoms with Crippen molar-refractivity contribution in [2.24, 2.45) is 0 Å². The normalized spacial score (nSPS) is 11.3. The molecule has 0 aliphatic carbocycles. The van der Waals surface area contributed by atoms with Gasteiger partial charge >= 0.3 is 13.6 Å². The highest BCUT2D eigenvalue weighted by Gasteiger charge is 2.14.